The summed E-state index contributed by atoms with van der Waals surface area (Å²) in [6.45, 7) is -0.623. The van der Waals surface area contributed by atoms with Crippen molar-refractivity contribution in [3.63, 3.8) is 0 Å². The van der Waals surface area contributed by atoms with Crippen molar-refractivity contribution in [2.45, 2.75) is 22.5 Å². The van der Waals surface area contributed by atoms with Crippen LogP contribution in [0.2, 0.25) is 10.0 Å². The van der Waals surface area contributed by atoms with Gasteiger partial charge in [-0.25, -0.2) is 9.80 Å². The molecule has 4 atom stereocenters. The predicted octanol–water partition coefficient (Wildman–Crippen LogP) is 7.14. The molecule has 3 aromatic carbocycles. The topological polar surface area (TPSA) is 101 Å². The molecule has 0 radical (unpaired) electrons. The minimum absolute atomic E-state index is 0.00412. The van der Waals surface area contributed by atoms with E-state index >= 15 is 0 Å². The first-order valence-corrected chi connectivity index (χ1v) is 16.4. The van der Waals surface area contributed by atoms with Crippen molar-refractivity contribution >= 4 is 100 Å². The van der Waals surface area contributed by atoms with Gasteiger partial charge in [-0.15, -0.1) is 0 Å². The number of alkyl halides is 2. The Hall–Kier alpha value is -2.57. The van der Waals surface area contributed by atoms with Gasteiger partial charge >= 0.3 is 5.97 Å². The molecule has 1 heterocycles. The molecule has 5 rings (SSSR count). The van der Waals surface area contributed by atoms with Crippen molar-refractivity contribution in [3.05, 3.63) is 97.9 Å². The number of hydrazine groups is 1. The molecule has 0 unspecified atom stereocenters. The van der Waals surface area contributed by atoms with Crippen molar-refractivity contribution in [2.75, 3.05) is 6.54 Å². The average molecular weight is 816 g/mol. The van der Waals surface area contributed by atoms with Gasteiger partial charge in [-0.3, -0.25) is 19.2 Å². The monoisotopic (exact) mass is 812 g/mol. The van der Waals surface area contributed by atoms with Crippen LogP contribution >= 0.6 is 71.0 Å². The highest BCUT2D eigenvalue weighted by Gasteiger charge is 2.54. The number of carbonyl (C=O) groups excluding carboxylic acids is 5. The molecule has 8 nitrogen and oxygen atoms in total. The van der Waals surface area contributed by atoms with Crippen molar-refractivity contribution in [1.82, 2.24) is 10.0 Å². The predicted molar refractivity (Wildman–Crippen MR) is 171 cm³/mol. The molecule has 1 aliphatic heterocycles. The Morgan fingerprint density at radius 2 is 1.40 bits per heavy atom. The highest BCUT2D eigenvalue weighted by atomic mass is 79.9. The van der Waals surface area contributed by atoms with Gasteiger partial charge in [0.05, 0.1) is 28.0 Å². The van der Waals surface area contributed by atoms with E-state index in [0.29, 0.717) is 18.4 Å². The van der Waals surface area contributed by atoms with E-state index < -0.39 is 47.9 Å². The minimum atomic E-state index is -0.804. The summed E-state index contributed by atoms with van der Waals surface area (Å²) in [4.78, 5) is 66.8. The van der Waals surface area contributed by atoms with E-state index in [1.165, 1.54) is 42.5 Å². The van der Waals surface area contributed by atoms with Crippen LogP contribution in [0.1, 0.15) is 43.9 Å². The molecule has 0 N–H and O–H groups in total. The maximum Gasteiger partial charge on any atom is 0.343 e. The lowest BCUT2D eigenvalue weighted by Gasteiger charge is -2.30. The van der Waals surface area contributed by atoms with Gasteiger partial charge in [0.15, 0.2) is 5.78 Å². The van der Waals surface area contributed by atoms with E-state index in [4.69, 9.17) is 27.9 Å². The van der Waals surface area contributed by atoms with E-state index in [0.717, 1.165) is 14.5 Å². The number of esters is 1. The number of benzene rings is 3. The van der Waals surface area contributed by atoms with Gasteiger partial charge in [0.25, 0.3) is 17.7 Å². The summed E-state index contributed by atoms with van der Waals surface area (Å²) in [6.07, 6.45) is 0.777. The average Bonchev–Trinajstić information content (AvgIpc) is 3.20. The molecule has 43 heavy (non-hydrogen) atoms. The molecular weight excluding hydrogens is 795 g/mol. The smallest absolute Gasteiger partial charge is 0.343 e. The fraction of sp³-hybridized carbons (Fsp3) is 0.233. The first-order chi connectivity index (χ1) is 20.4. The van der Waals surface area contributed by atoms with E-state index in [1.807, 2.05) is 0 Å². The fourth-order valence-corrected chi connectivity index (χ4v) is 7.03. The number of ether oxygens (including phenoxy) is 1. The summed E-state index contributed by atoms with van der Waals surface area (Å²) in [5.41, 5.74) is 0.485. The van der Waals surface area contributed by atoms with Crippen LogP contribution in [0.15, 0.2) is 71.2 Å². The number of hydrogen-bond donors (Lipinski definition) is 0. The number of halogens is 5. The first kappa shape index (κ1) is 31.8. The standard InChI is InChI=1S/C30H21Br3Cl2N2O6/c31-17-5-1-16(2-6-17)30(42)43-19-8-3-15(4-9-19)26(38)14-36(27(39)20-10-7-18(34)11-25(20)35)37-28(40)21-12-23(32)24(33)13-22(21)29(37)41/h1-11,21-24H,12-14H2/t21-,22+,23+,24-. The molecule has 222 valence electrons. The Kier molecular flexibility index (Phi) is 9.77. The molecule has 3 amide bonds. The van der Waals surface area contributed by atoms with Crippen LogP contribution in [0.4, 0.5) is 0 Å². The lowest BCUT2D eigenvalue weighted by atomic mass is 9.81. The molecule has 13 heteroatoms. The Balaban J connectivity index is 1.40. The summed E-state index contributed by atoms with van der Waals surface area (Å²) >= 11 is 22.7. The van der Waals surface area contributed by atoms with Crippen LogP contribution in [-0.4, -0.2) is 55.7 Å². The number of hydrogen-bond acceptors (Lipinski definition) is 6. The number of nitrogens with zero attached hydrogens (tertiary/aromatic N) is 2. The maximum atomic E-state index is 13.8. The highest BCUT2D eigenvalue weighted by molar-refractivity contribution is 9.12. The Bertz CT molecular complexity index is 1590. The zero-order chi connectivity index (χ0) is 31.0. The van der Waals surface area contributed by atoms with Crippen LogP contribution in [0.5, 0.6) is 5.75 Å². The molecular formula is C30H21Br3Cl2N2O6. The molecule has 2 fully saturated rings. The fourth-order valence-electron chi connectivity index (χ4n) is 5.04. The van der Waals surface area contributed by atoms with E-state index in [9.17, 15) is 24.0 Å². The van der Waals surface area contributed by atoms with Crippen LogP contribution in [-0.2, 0) is 9.59 Å². The SMILES string of the molecule is O=C(CN(C(=O)c1ccc(Cl)cc1Cl)N1C(=O)[C@H]2C[C@@H](Br)[C@@H](Br)C[C@H]2C1=O)c1ccc(OC(=O)c2ccc(Br)cc2)cc1. The Labute approximate surface area is 282 Å². The molecule has 0 aromatic heterocycles. The van der Waals surface area contributed by atoms with Gasteiger partial charge < -0.3 is 4.74 Å². The van der Waals surface area contributed by atoms with Crippen molar-refractivity contribution < 1.29 is 28.7 Å². The quantitative estimate of drug-likeness (QED) is 0.0828. The van der Waals surface area contributed by atoms with Gasteiger partial charge in [0.1, 0.15) is 12.3 Å². The second kappa shape index (κ2) is 13.2. The molecule has 2 aliphatic rings. The van der Waals surface area contributed by atoms with E-state index in [2.05, 4.69) is 47.8 Å². The molecule has 0 spiro atoms. The number of Topliss-reactive ketones (excluding diaryl/α,β-unsaturated/α-hetero) is 1. The number of amides is 3. The lowest BCUT2D eigenvalue weighted by molar-refractivity contribution is -0.154. The summed E-state index contributed by atoms with van der Waals surface area (Å²) in [5.74, 6) is -4.13. The van der Waals surface area contributed by atoms with Crippen LogP contribution < -0.4 is 4.74 Å². The largest absolute Gasteiger partial charge is 0.423 e. The van der Waals surface area contributed by atoms with E-state index in [1.54, 1.807) is 24.3 Å². The zero-order valence-corrected chi connectivity index (χ0v) is 28.3. The molecule has 3 aromatic rings. The number of carbonyl (C=O) groups is 5. The number of rotatable bonds is 7. The van der Waals surface area contributed by atoms with Crippen LogP contribution in [0.25, 0.3) is 0 Å². The van der Waals surface area contributed by atoms with Crippen molar-refractivity contribution in [1.29, 1.82) is 0 Å². The first-order valence-electron chi connectivity index (χ1n) is 13.0. The second-order valence-electron chi connectivity index (χ2n) is 10.0. The van der Waals surface area contributed by atoms with Gasteiger partial charge in [-0.05, 0) is 79.6 Å². The molecule has 1 aliphatic carbocycles. The molecule has 0 bridgehead atoms. The van der Waals surface area contributed by atoms with Gasteiger partial charge in [-0.1, -0.05) is 71.0 Å². The third-order valence-electron chi connectivity index (χ3n) is 7.29. The summed E-state index contributed by atoms with van der Waals surface area (Å²) in [6, 6.07) is 16.6. The molecule has 1 saturated carbocycles. The van der Waals surface area contributed by atoms with Crippen molar-refractivity contribution in [2.24, 2.45) is 11.8 Å². The normalized spacial score (nSPS) is 21.4. The third-order valence-corrected chi connectivity index (χ3v) is 11.1. The van der Waals surface area contributed by atoms with Gasteiger partial charge in [0.2, 0.25) is 0 Å². The third kappa shape index (κ3) is 6.76. The number of ketones is 1. The summed E-state index contributed by atoms with van der Waals surface area (Å²) < 4.78 is 6.21. The Morgan fingerprint density at radius 3 is 1.95 bits per heavy atom. The second-order valence-corrected chi connectivity index (χ2v) is 14.1. The highest BCUT2D eigenvalue weighted by Crippen LogP contribution is 2.44. The van der Waals surface area contributed by atoms with Gasteiger partial charge in [0, 0.05) is 24.7 Å². The van der Waals surface area contributed by atoms with Crippen LogP contribution in [0, 0.1) is 11.8 Å². The zero-order valence-electron chi connectivity index (χ0n) is 22.0. The van der Waals surface area contributed by atoms with Crippen molar-refractivity contribution in [3.8, 4) is 5.75 Å². The summed E-state index contributed by atoms with van der Waals surface area (Å²) in [7, 11) is 0. The van der Waals surface area contributed by atoms with Crippen LogP contribution in [0.3, 0.4) is 0 Å². The van der Waals surface area contributed by atoms with E-state index in [-0.39, 0.29) is 36.6 Å². The molecule has 1 saturated heterocycles. The number of imide groups is 1. The minimum Gasteiger partial charge on any atom is -0.423 e. The number of fused-ring (bicyclic) bond motifs is 1. The van der Waals surface area contributed by atoms with Gasteiger partial charge in [-0.2, -0.15) is 5.01 Å². The Morgan fingerprint density at radius 1 is 0.837 bits per heavy atom. The summed E-state index contributed by atoms with van der Waals surface area (Å²) in [5, 5.41) is 1.94. The maximum absolute atomic E-state index is 13.8. The lowest BCUT2D eigenvalue weighted by Crippen LogP contribution is -2.52.